The van der Waals surface area contributed by atoms with Gasteiger partial charge in [-0.1, -0.05) is 24.2 Å². The number of fused-ring (bicyclic) bond motifs is 2. The normalized spacial score (nSPS) is 22.8. The second-order valence-corrected chi connectivity index (χ2v) is 7.45. The van der Waals surface area contributed by atoms with Crippen molar-refractivity contribution in [2.45, 2.75) is 32.3 Å². The predicted octanol–water partition coefficient (Wildman–Crippen LogP) is 3.45. The van der Waals surface area contributed by atoms with Gasteiger partial charge in [-0.05, 0) is 35.2 Å². The lowest BCUT2D eigenvalue weighted by Gasteiger charge is -2.31. The SMILES string of the molecule is C[C@H]1CO[C@@H](OCc2cc(O)c3c(c2)C(=O)c2cccc(O)c2C3=O)C[C@H]1N=[N+]=[N-]. The van der Waals surface area contributed by atoms with Crippen LogP contribution >= 0.6 is 0 Å². The molecule has 0 aromatic heterocycles. The molecular formula is C21H19N3O6. The lowest BCUT2D eigenvalue weighted by Crippen LogP contribution is -2.36. The van der Waals surface area contributed by atoms with E-state index in [0.29, 0.717) is 18.6 Å². The highest BCUT2D eigenvalue weighted by atomic mass is 16.7. The molecule has 1 aliphatic carbocycles. The number of azide groups is 1. The number of hydrogen-bond acceptors (Lipinski definition) is 7. The number of ether oxygens (including phenoxy) is 2. The standard InChI is InChI=1S/C21H19N3O6/c1-10-8-29-17(7-14(10)23-24-22)30-9-11-5-13-19(16(26)6-11)21(28)18-12(20(13)27)3-2-4-15(18)25/h2-6,10,14,17,25-26H,7-9H2,1H3/t10-,14+,17-/m0/s1. The van der Waals surface area contributed by atoms with Crippen molar-refractivity contribution >= 4 is 11.6 Å². The Morgan fingerprint density at radius 1 is 1.17 bits per heavy atom. The maximum absolute atomic E-state index is 12.9. The van der Waals surface area contributed by atoms with E-state index in [9.17, 15) is 19.8 Å². The molecule has 1 heterocycles. The topological polar surface area (TPSA) is 142 Å². The molecule has 1 aliphatic heterocycles. The van der Waals surface area contributed by atoms with Gasteiger partial charge in [0, 0.05) is 28.5 Å². The Kier molecular flexibility index (Phi) is 5.17. The quantitative estimate of drug-likeness (QED) is 0.384. The van der Waals surface area contributed by atoms with Crippen LogP contribution in [0.2, 0.25) is 0 Å². The zero-order valence-corrected chi connectivity index (χ0v) is 16.1. The number of rotatable bonds is 4. The van der Waals surface area contributed by atoms with Gasteiger partial charge in [-0.25, -0.2) is 0 Å². The molecule has 2 N–H and O–H groups in total. The number of nitrogens with zero attached hydrogens (tertiary/aromatic N) is 3. The molecule has 0 saturated carbocycles. The van der Waals surface area contributed by atoms with E-state index in [1.54, 1.807) is 0 Å². The lowest BCUT2D eigenvalue weighted by atomic mass is 9.82. The van der Waals surface area contributed by atoms with Crippen LogP contribution < -0.4 is 0 Å². The fourth-order valence-corrected chi connectivity index (χ4v) is 3.82. The molecule has 1 saturated heterocycles. The van der Waals surface area contributed by atoms with E-state index in [4.69, 9.17) is 15.0 Å². The number of phenols is 2. The number of benzene rings is 2. The summed E-state index contributed by atoms with van der Waals surface area (Å²) in [4.78, 5) is 28.5. The van der Waals surface area contributed by atoms with Gasteiger partial charge >= 0.3 is 0 Å². The van der Waals surface area contributed by atoms with Crippen molar-refractivity contribution in [3.8, 4) is 11.5 Å². The number of hydrogen-bond donors (Lipinski definition) is 2. The van der Waals surface area contributed by atoms with Crippen LogP contribution in [0.5, 0.6) is 11.5 Å². The molecule has 2 aromatic rings. The van der Waals surface area contributed by atoms with E-state index >= 15 is 0 Å². The van der Waals surface area contributed by atoms with Crippen molar-refractivity contribution in [3.63, 3.8) is 0 Å². The van der Waals surface area contributed by atoms with Gasteiger partial charge in [0.15, 0.2) is 12.1 Å². The number of carbonyl (C=O) groups excluding carboxylic acids is 2. The third-order valence-electron chi connectivity index (χ3n) is 5.43. The average Bonchev–Trinajstić information content (AvgIpc) is 2.72. The molecule has 2 aromatic carbocycles. The first kappa shape index (κ1) is 19.9. The smallest absolute Gasteiger partial charge is 0.201 e. The lowest BCUT2D eigenvalue weighted by molar-refractivity contribution is -0.183. The largest absolute Gasteiger partial charge is 0.507 e. The highest BCUT2D eigenvalue weighted by molar-refractivity contribution is 6.30. The van der Waals surface area contributed by atoms with E-state index in [1.807, 2.05) is 6.92 Å². The highest BCUT2D eigenvalue weighted by Crippen LogP contribution is 2.37. The molecule has 1 fully saturated rings. The van der Waals surface area contributed by atoms with Crippen LogP contribution in [0.15, 0.2) is 35.4 Å². The van der Waals surface area contributed by atoms with Gasteiger partial charge in [0.1, 0.15) is 11.5 Å². The minimum absolute atomic E-state index is 0.0250. The van der Waals surface area contributed by atoms with E-state index in [2.05, 4.69) is 10.0 Å². The van der Waals surface area contributed by atoms with E-state index < -0.39 is 17.9 Å². The fourth-order valence-electron chi connectivity index (χ4n) is 3.82. The summed E-state index contributed by atoms with van der Waals surface area (Å²) >= 11 is 0. The summed E-state index contributed by atoms with van der Waals surface area (Å²) in [5.41, 5.74) is 9.07. The molecule has 0 amide bonds. The summed E-state index contributed by atoms with van der Waals surface area (Å²) in [6, 6.07) is 6.88. The van der Waals surface area contributed by atoms with Gasteiger partial charge in [-0.2, -0.15) is 0 Å². The highest BCUT2D eigenvalue weighted by Gasteiger charge is 2.34. The molecule has 154 valence electrons. The van der Waals surface area contributed by atoms with Crippen LogP contribution in [0.4, 0.5) is 0 Å². The number of ketones is 2. The second-order valence-electron chi connectivity index (χ2n) is 7.45. The fraction of sp³-hybridized carbons (Fsp3) is 0.333. The molecule has 2 aliphatic rings. The van der Waals surface area contributed by atoms with Gasteiger partial charge in [-0.3, -0.25) is 9.59 Å². The van der Waals surface area contributed by atoms with Crippen LogP contribution in [0.1, 0.15) is 50.8 Å². The summed E-state index contributed by atoms with van der Waals surface area (Å²) in [7, 11) is 0. The molecule has 9 nitrogen and oxygen atoms in total. The monoisotopic (exact) mass is 409 g/mol. The Morgan fingerprint density at radius 2 is 1.93 bits per heavy atom. The van der Waals surface area contributed by atoms with Gasteiger partial charge < -0.3 is 19.7 Å². The van der Waals surface area contributed by atoms with Crippen molar-refractivity contribution < 1.29 is 29.3 Å². The molecule has 0 unspecified atom stereocenters. The minimum atomic E-state index is -0.607. The van der Waals surface area contributed by atoms with Crippen molar-refractivity contribution in [2.75, 3.05) is 6.61 Å². The third kappa shape index (κ3) is 3.39. The van der Waals surface area contributed by atoms with Crippen molar-refractivity contribution in [3.05, 3.63) is 68.6 Å². The Hall–Kier alpha value is -3.39. The van der Waals surface area contributed by atoms with E-state index in [-0.39, 0.29) is 52.3 Å². The molecule has 30 heavy (non-hydrogen) atoms. The Bertz CT molecular complexity index is 1090. The molecule has 0 radical (unpaired) electrons. The Balaban J connectivity index is 1.57. The zero-order chi connectivity index (χ0) is 21.4. The first-order chi connectivity index (χ1) is 14.4. The first-order valence-corrected chi connectivity index (χ1v) is 9.45. The van der Waals surface area contributed by atoms with Crippen LogP contribution in [0, 0.1) is 5.92 Å². The first-order valence-electron chi connectivity index (χ1n) is 9.45. The summed E-state index contributed by atoms with van der Waals surface area (Å²) in [5.74, 6) is -1.65. The maximum Gasteiger partial charge on any atom is 0.201 e. The minimum Gasteiger partial charge on any atom is -0.507 e. The molecule has 9 heteroatoms. The van der Waals surface area contributed by atoms with Crippen LogP contribution in [-0.4, -0.2) is 40.7 Å². The zero-order valence-electron chi connectivity index (χ0n) is 16.1. The van der Waals surface area contributed by atoms with Gasteiger partial charge in [0.2, 0.25) is 5.78 Å². The van der Waals surface area contributed by atoms with Gasteiger partial charge in [0.05, 0.1) is 24.3 Å². The second kappa shape index (κ2) is 7.79. The van der Waals surface area contributed by atoms with Crippen LogP contribution in [0.25, 0.3) is 10.4 Å². The summed E-state index contributed by atoms with van der Waals surface area (Å²) in [6.07, 6.45) is -0.198. The number of phenolic OH excluding ortho intramolecular Hbond substituents is 2. The number of carbonyl (C=O) groups is 2. The van der Waals surface area contributed by atoms with Crippen molar-refractivity contribution in [2.24, 2.45) is 11.0 Å². The number of aromatic hydroxyl groups is 2. The Morgan fingerprint density at radius 3 is 2.70 bits per heavy atom. The van der Waals surface area contributed by atoms with Crippen LogP contribution in [-0.2, 0) is 16.1 Å². The maximum atomic E-state index is 12.9. The summed E-state index contributed by atoms with van der Waals surface area (Å²) in [5, 5.41) is 24.2. The molecule has 4 rings (SSSR count). The summed E-state index contributed by atoms with van der Waals surface area (Å²) < 4.78 is 11.4. The molecule has 3 atom stereocenters. The summed E-state index contributed by atoms with van der Waals surface area (Å²) in [6.45, 7) is 2.34. The van der Waals surface area contributed by atoms with Crippen molar-refractivity contribution in [1.82, 2.24) is 0 Å². The van der Waals surface area contributed by atoms with E-state index in [0.717, 1.165) is 0 Å². The molecule has 0 spiro atoms. The van der Waals surface area contributed by atoms with Crippen LogP contribution in [0.3, 0.4) is 0 Å². The van der Waals surface area contributed by atoms with E-state index in [1.165, 1.54) is 30.3 Å². The van der Waals surface area contributed by atoms with Gasteiger partial charge in [0.25, 0.3) is 0 Å². The predicted molar refractivity (Wildman–Crippen MR) is 104 cm³/mol. The Labute approximate surface area is 171 Å². The molecular weight excluding hydrogens is 390 g/mol. The molecule has 0 bridgehead atoms. The third-order valence-corrected chi connectivity index (χ3v) is 5.43. The van der Waals surface area contributed by atoms with Gasteiger partial charge in [-0.15, -0.1) is 0 Å². The van der Waals surface area contributed by atoms with Crippen molar-refractivity contribution in [1.29, 1.82) is 0 Å². The average molecular weight is 409 g/mol.